The number of carbonyl (C=O) groups is 1. The van der Waals surface area contributed by atoms with Crippen LogP contribution in [0.25, 0.3) is 0 Å². The predicted octanol–water partition coefficient (Wildman–Crippen LogP) is 3.80. The Bertz CT molecular complexity index is 612. The molecule has 1 fully saturated rings. The van der Waals surface area contributed by atoms with Gasteiger partial charge in [-0.15, -0.1) is 11.6 Å². The molecule has 0 bridgehead atoms. The third-order valence-electron chi connectivity index (χ3n) is 3.94. The molecule has 3 rings (SSSR count). The van der Waals surface area contributed by atoms with Crippen LogP contribution >= 0.6 is 11.6 Å². The molecule has 0 N–H and O–H groups in total. The van der Waals surface area contributed by atoms with Crippen LogP contribution in [0.1, 0.15) is 40.4 Å². The topological polar surface area (TPSA) is 33.2 Å². The molecule has 4 heteroatoms. The van der Waals surface area contributed by atoms with Crippen molar-refractivity contribution in [2.45, 2.75) is 24.8 Å². The number of nitrogens with zero attached hydrogens (tertiary/aromatic N) is 2. The van der Waals surface area contributed by atoms with Gasteiger partial charge in [-0.05, 0) is 42.2 Å². The predicted molar refractivity (Wildman–Crippen MR) is 83.2 cm³/mol. The first kappa shape index (κ1) is 14.1. The summed E-state index contributed by atoms with van der Waals surface area (Å²) in [5.41, 5.74) is 2.86. The van der Waals surface area contributed by atoms with Crippen molar-refractivity contribution in [3.8, 4) is 0 Å². The number of hydrogen-bond donors (Lipinski definition) is 0. The van der Waals surface area contributed by atoms with Gasteiger partial charge in [0.1, 0.15) is 0 Å². The maximum Gasteiger partial charge on any atom is 0.254 e. The molecule has 0 spiro atoms. The van der Waals surface area contributed by atoms with Gasteiger partial charge in [-0.25, -0.2) is 0 Å². The summed E-state index contributed by atoms with van der Waals surface area (Å²) < 4.78 is 0. The summed E-state index contributed by atoms with van der Waals surface area (Å²) in [7, 11) is 0. The van der Waals surface area contributed by atoms with Gasteiger partial charge in [0.25, 0.3) is 5.91 Å². The van der Waals surface area contributed by atoms with E-state index in [0.29, 0.717) is 5.88 Å². The highest BCUT2D eigenvalue weighted by atomic mass is 35.5. The zero-order valence-corrected chi connectivity index (χ0v) is 12.5. The molecular formula is C17H17ClN2O. The minimum atomic E-state index is 0.0856. The van der Waals surface area contributed by atoms with Crippen molar-refractivity contribution in [2.75, 3.05) is 6.54 Å². The second-order valence-electron chi connectivity index (χ2n) is 5.27. The maximum atomic E-state index is 12.7. The van der Waals surface area contributed by atoms with Crippen LogP contribution in [0.4, 0.5) is 0 Å². The number of amides is 1. The fourth-order valence-corrected chi connectivity index (χ4v) is 3.01. The highest BCUT2D eigenvalue weighted by Crippen LogP contribution is 2.32. The zero-order chi connectivity index (χ0) is 14.7. The molecule has 3 nitrogen and oxygen atoms in total. The number of rotatable bonds is 3. The van der Waals surface area contributed by atoms with Crippen LogP contribution in [0.3, 0.4) is 0 Å². The van der Waals surface area contributed by atoms with Gasteiger partial charge in [0.05, 0.1) is 6.04 Å². The van der Waals surface area contributed by atoms with Crippen LogP contribution in [-0.2, 0) is 5.88 Å². The first-order valence-electron chi connectivity index (χ1n) is 7.15. The van der Waals surface area contributed by atoms with Gasteiger partial charge in [-0.2, -0.15) is 0 Å². The van der Waals surface area contributed by atoms with Gasteiger partial charge in [-0.1, -0.05) is 18.2 Å². The summed E-state index contributed by atoms with van der Waals surface area (Å²) in [5, 5.41) is 0. The highest BCUT2D eigenvalue weighted by molar-refractivity contribution is 6.17. The second-order valence-corrected chi connectivity index (χ2v) is 5.54. The first-order valence-corrected chi connectivity index (χ1v) is 7.69. The van der Waals surface area contributed by atoms with Gasteiger partial charge >= 0.3 is 0 Å². The zero-order valence-electron chi connectivity index (χ0n) is 11.7. The van der Waals surface area contributed by atoms with Crippen molar-refractivity contribution < 1.29 is 4.79 Å². The van der Waals surface area contributed by atoms with Crippen molar-refractivity contribution in [1.29, 1.82) is 0 Å². The Hall–Kier alpha value is -1.87. The Labute approximate surface area is 129 Å². The Morgan fingerprint density at radius 3 is 2.76 bits per heavy atom. The Kier molecular flexibility index (Phi) is 4.20. The monoisotopic (exact) mass is 300 g/mol. The lowest BCUT2D eigenvalue weighted by Gasteiger charge is -2.25. The molecule has 0 radical (unpaired) electrons. The highest BCUT2D eigenvalue weighted by Gasteiger charge is 2.30. The average molecular weight is 301 g/mol. The van der Waals surface area contributed by atoms with E-state index in [1.165, 1.54) is 0 Å². The normalized spacial score (nSPS) is 18.0. The molecule has 2 heterocycles. The minimum absolute atomic E-state index is 0.0856. The van der Waals surface area contributed by atoms with Crippen molar-refractivity contribution >= 4 is 17.5 Å². The lowest BCUT2D eigenvalue weighted by Crippen LogP contribution is -2.30. The smallest absolute Gasteiger partial charge is 0.254 e. The summed E-state index contributed by atoms with van der Waals surface area (Å²) in [6.45, 7) is 0.801. The van der Waals surface area contributed by atoms with E-state index in [1.807, 2.05) is 47.5 Å². The molecule has 1 atom stereocenters. The fourth-order valence-electron chi connectivity index (χ4n) is 2.83. The molecule has 0 saturated carbocycles. The summed E-state index contributed by atoms with van der Waals surface area (Å²) in [6.07, 6.45) is 5.64. The number of carbonyl (C=O) groups excluding carboxylic acids is 1. The molecule has 2 aromatic rings. The summed E-state index contributed by atoms with van der Waals surface area (Å²) in [5.74, 6) is 0.554. The Balaban J connectivity index is 1.82. The van der Waals surface area contributed by atoms with E-state index in [-0.39, 0.29) is 11.9 Å². The molecule has 1 aliphatic heterocycles. The van der Waals surface area contributed by atoms with E-state index in [2.05, 4.69) is 4.98 Å². The van der Waals surface area contributed by atoms with Crippen molar-refractivity contribution in [3.63, 3.8) is 0 Å². The number of aromatic nitrogens is 1. The van der Waals surface area contributed by atoms with Crippen molar-refractivity contribution in [3.05, 3.63) is 65.5 Å². The van der Waals surface area contributed by atoms with Crippen LogP contribution < -0.4 is 0 Å². The second kappa shape index (κ2) is 6.27. The summed E-state index contributed by atoms with van der Waals surface area (Å²) >= 11 is 5.79. The van der Waals surface area contributed by atoms with Crippen LogP contribution in [-0.4, -0.2) is 22.3 Å². The standard InChI is InChI=1S/C17H17ClN2O/c18-11-13-5-7-14(8-6-13)17(21)20-10-2-4-16(20)15-3-1-9-19-12-15/h1,3,5-9,12,16H,2,4,10-11H2. The summed E-state index contributed by atoms with van der Waals surface area (Å²) in [4.78, 5) is 18.8. The van der Waals surface area contributed by atoms with Crippen molar-refractivity contribution in [1.82, 2.24) is 9.88 Å². The molecule has 108 valence electrons. The molecule has 21 heavy (non-hydrogen) atoms. The van der Waals surface area contributed by atoms with Gasteiger partial charge < -0.3 is 4.90 Å². The third kappa shape index (κ3) is 2.93. The van der Waals surface area contributed by atoms with Crippen LogP contribution in [0.2, 0.25) is 0 Å². The third-order valence-corrected chi connectivity index (χ3v) is 4.25. The molecule has 0 aliphatic carbocycles. The van der Waals surface area contributed by atoms with Crippen LogP contribution in [0.5, 0.6) is 0 Å². The van der Waals surface area contributed by atoms with Gasteiger partial charge in [0.15, 0.2) is 0 Å². The SMILES string of the molecule is O=C(c1ccc(CCl)cc1)N1CCCC1c1cccnc1. The molecule has 1 aromatic heterocycles. The van der Waals surface area contributed by atoms with Gasteiger partial charge in [0.2, 0.25) is 0 Å². The maximum absolute atomic E-state index is 12.7. The molecule has 1 amide bonds. The molecule has 1 aromatic carbocycles. The number of pyridine rings is 1. The molecule has 1 aliphatic rings. The van der Waals surface area contributed by atoms with Gasteiger partial charge in [-0.3, -0.25) is 9.78 Å². The number of benzene rings is 1. The molecular weight excluding hydrogens is 284 g/mol. The number of alkyl halides is 1. The van der Waals surface area contributed by atoms with E-state index in [9.17, 15) is 4.79 Å². The van der Waals surface area contributed by atoms with E-state index < -0.39 is 0 Å². The van der Waals surface area contributed by atoms with E-state index in [0.717, 1.165) is 36.1 Å². The number of hydrogen-bond acceptors (Lipinski definition) is 2. The Morgan fingerprint density at radius 1 is 1.29 bits per heavy atom. The quantitative estimate of drug-likeness (QED) is 0.808. The van der Waals surface area contributed by atoms with Crippen LogP contribution in [0, 0.1) is 0 Å². The average Bonchev–Trinajstić information content (AvgIpc) is 3.04. The lowest BCUT2D eigenvalue weighted by molar-refractivity contribution is 0.0735. The van der Waals surface area contributed by atoms with E-state index in [1.54, 1.807) is 6.20 Å². The summed E-state index contributed by atoms with van der Waals surface area (Å²) in [6, 6.07) is 11.6. The minimum Gasteiger partial charge on any atom is -0.332 e. The number of likely N-dealkylation sites (tertiary alicyclic amines) is 1. The van der Waals surface area contributed by atoms with Gasteiger partial charge in [0, 0.05) is 30.4 Å². The van der Waals surface area contributed by atoms with E-state index in [4.69, 9.17) is 11.6 Å². The number of halogens is 1. The van der Waals surface area contributed by atoms with Crippen molar-refractivity contribution in [2.24, 2.45) is 0 Å². The fraction of sp³-hybridized carbons (Fsp3) is 0.294. The largest absolute Gasteiger partial charge is 0.332 e. The molecule has 1 saturated heterocycles. The molecule has 1 unspecified atom stereocenters. The van der Waals surface area contributed by atoms with Crippen LogP contribution in [0.15, 0.2) is 48.8 Å². The first-order chi connectivity index (χ1) is 10.3. The Morgan fingerprint density at radius 2 is 2.10 bits per heavy atom. The van der Waals surface area contributed by atoms with E-state index >= 15 is 0 Å². The lowest BCUT2D eigenvalue weighted by atomic mass is 10.1.